The second-order valence-corrected chi connectivity index (χ2v) is 6.69. The van der Waals surface area contributed by atoms with Gasteiger partial charge in [-0.25, -0.2) is 0 Å². The molecule has 2 atom stereocenters. The number of rotatable bonds is 6. The van der Waals surface area contributed by atoms with Crippen LogP contribution in [0.15, 0.2) is 12.3 Å². The molecule has 0 aliphatic heterocycles. The fraction of sp³-hybridized carbons (Fsp3) is 0.824. The van der Waals surface area contributed by atoms with Gasteiger partial charge in [0.25, 0.3) is 0 Å². The standard InChI is InChI=1S/C17H29N3/c1-2-18-13-15-7-5-6-14(15)12-16-10-11-20(19-16)17-8-3-4-9-17/h10-11,14-15,17-18H,2-9,12-13H2,1H3. The summed E-state index contributed by atoms with van der Waals surface area (Å²) >= 11 is 0. The molecule has 112 valence electrons. The Morgan fingerprint density at radius 2 is 1.95 bits per heavy atom. The Labute approximate surface area is 123 Å². The van der Waals surface area contributed by atoms with Crippen LogP contribution in [-0.4, -0.2) is 22.9 Å². The first-order valence-corrected chi connectivity index (χ1v) is 8.61. The Morgan fingerprint density at radius 3 is 2.75 bits per heavy atom. The highest BCUT2D eigenvalue weighted by Gasteiger charge is 2.27. The average Bonchev–Trinajstić information content (AvgIpc) is 3.18. The summed E-state index contributed by atoms with van der Waals surface area (Å²) in [6.45, 7) is 4.50. The second-order valence-electron chi connectivity index (χ2n) is 6.69. The molecular weight excluding hydrogens is 246 g/mol. The highest BCUT2D eigenvalue weighted by atomic mass is 15.3. The predicted molar refractivity (Wildman–Crippen MR) is 82.8 cm³/mol. The molecule has 1 N–H and O–H groups in total. The summed E-state index contributed by atoms with van der Waals surface area (Å²) in [4.78, 5) is 0. The smallest absolute Gasteiger partial charge is 0.0627 e. The van der Waals surface area contributed by atoms with Crippen molar-refractivity contribution >= 4 is 0 Å². The third-order valence-electron chi connectivity index (χ3n) is 5.31. The highest BCUT2D eigenvalue weighted by Crippen LogP contribution is 2.34. The molecule has 1 heterocycles. The number of hydrogen-bond donors (Lipinski definition) is 1. The maximum Gasteiger partial charge on any atom is 0.0627 e. The lowest BCUT2D eigenvalue weighted by atomic mass is 9.91. The molecule has 0 amide bonds. The highest BCUT2D eigenvalue weighted by molar-refractivity contribution is 5.03. The molecule has 3 rings (SSSR count). The summed E-state index contributed by atoms with van der Waals surface area (Å²) in [5.41, 5.74) is 1.32. The molecule has 2 aliphatic carbocycles. The van der Waals surface area contributed by atoms with E-state index in [1.54, 1.807) is 0 Å². The summed E-state index contributed by atoms with van der Waals surface area (Å²) in [7, 11) is 0. The molecule has 0 spiro atoms. The van der Waals surface area contributed by atoms with Gasteiger partial charge >= 0.3 is 0 Å². The van der Waals surface area contributed by atoms with Crippen LogP contribution in [0.5, 0.6) is 0 Å². The van der Waals surface area contributed by atoms with E-state index in [4.69, 9.17) is 5.10 Å². The number of aromatic nitrogens is 2. The molecule has 1 aromatic rings. The van der Waals surface area contributed by atoms with Crippen LogP contribution in [0.1, 0.15) is 63.6 Å². The zero-order chi connectivity index (χ0) is 13.8. The first-order valence-electron chi connectivity index (χ1n) is 8.61. The average molecular weight is 275 g/mol. The van der Waals surface area contributed by atoms with Gasteiger partial charge < -0.3 is 5.32 Å². The molecule has 2 fully saturated rings. The Balaban J connectivity index is 1.56. The van der Waals surface area contributed by atoms with Gasteiger partial charge in [-0.05, 0) is 63.1 Å². The molecule has 2 unspecified atom stereocenters. The largest absolute Gasteiger partial charge is 0.317 e. The van der Waals surface area contributed by atoms with Crippen LogP contribution < -0.4 is 5.32 Å². The topological polar surface area (TPSA) is 29.9 Å². The molecule has 0 radical (unpaired) electrons. The van der Waals surface area contributed by atoms with Crippen molar-refractivity contribution in [1.82, 2.24) is 15.1 Å². The lowest BCUT2D eigenvalue weighted by molar-refractivity contribution is 0.362. The van der Waals surface area contributed by atoms with Crippen molar-refractivity contribution in [2.45, 2.75) is 64.3 Å². The molecule has 0 saturated heterocycles. The minimum absolute atomic E-state index is 0.685. The summed E-state index contributed by atoms with van der Waals surface area (Å²) in [5.74, 6) is 1.72. The van der Waals surface area contributed by atoms with Crippen LogP contribution in [-0.2, 0) is 6.42 Å². The van der Waals surface area contributed by atoms with Crippen LogP contribution in [0.4, 0.5) is 0 Å². The van der Waals surface area contributed by atoms with Gasteiger partial charge in [-0.15, -0.1) is 0 Å². The summed E-state index contributed by atoms with van der Waals surface area (Å²) < 4.78 is 2.25. The molecule has 3 nitrogen and oxygen atoms in total. The third-order valence-corrected chi connectivity index (χ3v) is 5.31. The zero-order valence-electron chi connectivity index (χ0n) is 12.9. The van der Waals surface area contributed by atoms with Crippen LogP contribution >= 0.6 is 0 Å². The molecule has 0 aromatic carbocycles. The van der Waals surface area contributed by atoms with Crippen molar-refractivity contribution in [3.05, 3.63) is 18.0 Å². The van der Waals surface area contributed by atoms with E-state index in [1.165, 1.54) is 63.6 Å². The second kappa shape index (κ2) is 6.75. The van der Waals surface area contributed by atoms with E-state index < -0.39 is 0 Å². The Hall–Kier alpha value is -0.830. The van der Waals surface area contributed by atoms with E-state index in [9.17, 15) is 0 Å². The van der Waals surface area contributed by atoms with E-state index in [1.807, 2.05) is 0 Å². The van der Waals surface area contributed by atoms with Gasteiger partial charge in [0.15, 0.2) is 0 Å². The molecule has 2 aliphatic rings. The lowest BCUT2D eigenvalue weighted by Gasteiger charge is -2.19. The van der Waals surface area contributed by atoms with Gasteiger partial charge in [-0.3, -0.25) is 4.68 Å². The molecule has 2 saturated carbocycles. The summed E-state index contributed by atoms with van der Waals surface area (Å²) in [6, 6.07) is 2.95. The predicted octanol–water partition coefficient (Wildman–Crippen LogP) is 3.57. The number of nitrogens with one attached hydrogen (secondary N) is 1. The van der Waals surface area contributed by atoms with Crippen molar-refractivity contribution in [1.29, 1.82) is 0 Å². The quantitative estimate of drug-likeness (QED) is 0.860. The van der Waals surface area contributed by atoms with Gasteiger partial charge in [-0.2, -0.15) is 5.10 Å². The normalized spacial score (nSPS) is 27.4. The first-order chi connectivity index (χ1) is 9.86. The summed E-state index contributed by atoms with van der Waals surface area (Å²) in [5, 5.41) is 8.40. The van der Waals surface area contributed by atoms with Crippen molar-refractivity contribution < 1.29 is 0 Å². The van der Waals surface area contributed by atoms with Gasteiger partial charge in [-0.1, -0.05) is 26.2 Å². The van der Waals surface area contributed by atoms with E-state index in [2.05, 4.69) is 29.2 Å². The number of nitrogens with zero attached hydrogens (tertiary/aromatic N) is 2. The maximum atomic E-state index is 4.87. The molecule has 3 heteroatoms. The van der Waals surface area contributed by atoms with Gasteiger partial charge in [0, 0.05) is 6.20 Å². The zero-order valence-corrected chi connectivity index (χ0v) is 12.9. The number of hydrogen-bond acceptors (Lipinski definition) is 2. The lowest BCUT2D eigenvalue weighted by Crippen LogP contribution is -2.26. The Bertz CT molecular complexity index is 406. The van der Waals surface area contributed by atoms with Crippen molar-refractivity contribution in [3.63, 3.8) is 0 Å². The van der Waals surface area contributed by atoms with E-state index in [0.717, 1.165) is 18.4 Å². The Morgan fingerprint density at radius 1 is 1.15 bits per heavy atom. The monoisotopic (exact) mass is 275 g/mol. The van der Waals surface area contributed by atoms with E-state index in [-0.39, 0.29) is 0 Å². The molecule has 0 bridgehead atoms. The molecular formula is C17H29N3. The van der Waals surface area contributed by atoms with Crippen LogP contribution in [0.25, 0.3) is 0 Å². The van der Waals surface area contributed by atoms with E-state index in [0.29, 0.717) is 6.04 Å². The van der Waals surface area contributed by atoms with Crippen LogP contribution in [0.3, 0.4) is 0 Å². The maximum absolute atomic E-state index is 4.87. The minimum Gasteiger partial charge on any atom is -0.317 e. The first kappa shape index (κ1) is 14.1. The van der Waals surface area contributed by atoms with E-state index >= 15 is 0 Å². The third kappa shape index (κ3) is 3.25. The van der Waals surface area contributed by atoms with Gasteiger partial charge in [0.2, 0.25) is 0 Å². The molecule has 1 aromatic heterocycles. The van der Waals surface area contributed by atoms with Crippen LogP contribution in [0.2, 0.25) is 0 Å². The van der Waals surface area contributed by atoms with Gasteiger partial charge in [0.1, 0.15) is 0 Å². The van der Waals surface area contributed by atoms with Crippen molar-refractivity contribution in [2.24, 2.45) is 11.8 Å². The fourth-order valence-electron chi connectivity index (χ4n) is 4.11. The molecule has 20 heavy (non-hydrogen) atoms. The fourth-order valence-corrected chi connectivity index (χ4v) is 4.11. The van der Waals surface area contributed by atoms with Gasteiger partial charge in [0.05, 0.1) is 11.7 Å². The summed E-state index contributed by atoms with van der Waals surface area (Å²) in [6.07, 6.45) is 13.0. The van der Waals surface area contributed by atoms with Crippen molar-refractivity contribution in [2.75, 3.05) is 13.1 Å². The Kier molecular flexibility index (Phi) is 4.77. The SMILES string of the molecule is CCNCC1CCCC1Cc1ccn(C2CCCC2)n1. The van der Waals surface area contributed by atoms with Crippen LogP contribution in [0, 0.1) is 11.8 Å². The van der Waals surface area contributed by atoms with Crippen molar-refractivity contribution in [3.8, 4) is 0 Å². The minimum atomic E-state index is 0.685.